The van der Waals surface area contributed by atoms with E-state index in [0.717, 1.165) is 36.2 Å². The lowest BCUT2D eigenvalue weighted by molar-refractivity contribution is -0.131. The molecule has 2 heterocycles. The molecule has 1 aliphatic rings. The zero-order valence-electron chi connectivity index (χ0n) is 19.4. The van der Waals surface area contributed by atoms with Crippen LogP contribution in [0, 0.1) is 13.8 Å². The molecule has 33 heavy (non-hydrogen) atoms. The third-order valence-corrected chi connectivity index (χ3v) is 6.47. The molecule has 0 unspecified atom stereocenters. The Bertz CT molecular complexity index is 1130. The third kappa shape index (κ3) is 5.67. The van der Waals surface area contributed by atoms with Gasteiger partial charge in [-0.25, -0.2) is 0 Å². The van der Waals surface area contributed by atoms with Crippen LogP contribution in [0.5, 0.6) is 0 Å². The number of benzene rings is 2. The molecule has 1 aliphatic heterocycles. The fraction of sp³-hybridized carbons (Fsp3) is 0.321. The van der Waals surface area contributed by atoms with Gasteiger partial charge in [-0.1, -0.05) is 48.5 Å². The molecule has 170 valence electrons. The molecule has 2 aromatic carbocycles. The Morgan fingerprint density at radius 1 is 1.00 bits per heavy atom. The van der Waals surface area contributed by atoms with E-state index < -0.39 is 0 Å². The van der Waals surface area contributed by atoms with E-state index in [0.29, 0.717) is 25.1 Å². The highest BCUT2D eigenvalue weighted by atomic mass is 16.2. The van der Waals surface area contributed by atoms with E-state index in [9.17, 15) is 9.59 Å². The highest BCUT2D eigenvalue weighted by molar-refractivity contribution is 5.95. The number of hydrogen-bond donors (Lipinski definition) is 1. The molecule has 2 amide bonds. The van der Waals surface area contributed by atoms with Gasteiger partial charge in [-0.15, -0.1) is 0 Å². The number of aryl methyl sites for hydroxylation is 2. The molecule has 3 aromatic rings. The highest BCUT2D eigenvalue weighted by Gasteiger charge is 2.28. The van der Waals surface area contributed by atoms with Crippen LogP contribution in [0.1, 0.15) is 57.1 Å². The van der Waals surface area contributed by atoms with Gasteiger partial charge in [-0.3, -0.25) is 14.6 Å². The van der Waals surface area contributed by atoms with Gasteiger partial charge in [0.2, 0.25) is 5.91 Å². The van der Waals surface area contributed by atoms with Crippen molar-refractivity contribution in [1.29, 1.82) is 0 Å². The van der Waals surface area contributed by atoms with Gasteiger partial charge >= 0.3 is 0 Å². The van der Waals surface area contributed by atoms with Crippen LogP contribution in [0.3, 0.4) is 0 Å². The van der Waals surface area contributed by atoms with E-state index in [1.54, 1.807) is 12.3 Å². The van der Waals surface area contributed by atoms with Crippen LogP contribution < -0.4 is 5.32 Å². The standard InChI is InChI=1S/C28H31N3O2/c1-20-12-13-23(16-21(20)2)17-26(32)31-15-7-10-24(19-31)27-25(11-6-14-29-27)28(33)30-18-22-8-4-3-5-9-22/h3-6,8-9,11-14,16,24H,7,10,15,17-19H2,1-2H3,(H,30,33)/t24-/m1/s1. The SMILES string of the molecule is Cc1ccc(CC(=O)N2CCC[C@@H](c3ncccc3C(=O)NCc3ccccc3)C2)cc1C. The lowest BCUT2D eigenvalue weighted by Gasteiger charge is -2.33. The number of hydrogen-bond acceptors (Lipinski definition) is 3. The van der Waals surface area contributed by atoms with Gasteiger partial charge in [0.1, 0.15) is 0 Å². The number of carbonyl (C=O) groups excluding carboxylic acids is 2. The first-order chi connectivity index (χ1) is 16.0. The van der Waals surface area contributed by atoms with Crippen molar-refractivity contribution in [1.82, 2.24) is 15.2 Å². The summed E-state index contributed by atoms with van der Waals surface area (Å²) in [6.45, 7) is 5.98. The van der Waals surface area contributed by atoms with Gasteiger partial charge in [0.25, 0.3) is 5.91 Å². The number of carbonyl (C=O) groups is 2. The average Bonchev–Trinajstić information content (AvgIpc) is 2.85. The largest absolute Gasteiger partial charge is 0.348 e. The van der Waals surface area contributed by atoms with Crippen molar-refractivity contribution in [2.75, 3.05) is 13.1 Å². The minimum absolute atomic E-state index is 0.0566. The summed E-state index contributed by atoms with van der Waals surface area (Å²) in [6, 6.07) is 19.7. The van der Waals surface area contributed by atoms with Crippen molar-refractivity contribution in [2.24, 2.45) is 0 Å². The summed E-state index contributed by atoms with van der Waals surface area (Å²) in [4.78, 5) is 32.5. The molecule has 1 fully saturated rings. The minimum atomic E-state index is -0.125. The lowest BCUT2D eigenvalue weighted by Crippen LogP contribution is -2.40. The zero-order valence-corrected chi connectivity index (χ0v) is 19.4. The predicted octanol–water partition coefficient (Wildman–Crippen LogP) is 4.58. The van der Waals surface area contributed by atoms with Gasteiger partial charge in [0, 0.05) is 31.7 Å². The van der Waals surface area contributed by atoms with E-state index in [2.05, 4.69) is 36.3 Å². The topological polar surface area (TPSA) is 62.3 Å². The summed E-state index contributed by atoms with van der Waals surface area (Å²) in [7, 11) is 0. The van der Waals surface area contributed by atoms with Gasteiger partial charge in [-0.05, 0) is 61.1 Å². The molecule has 0 aliphatic carbocycles. The zero-order chi connectivity index (χ0) is 23.2. The maximum Gasteiger partial charge on any atom is 0.253 e. The molecule has 1 N–H and O–H groups in total. The number of nitrogens with zero attached hydrogens (tertiary/aromatic N) is 2. The van der Waals surface area contributed by atoms with Gasteiger partial charge in [0.15, 0.2) is 0 Å². The smallest absolute Gasteiger partial charge is 0.253 e. The van der Waals surface area contributed by atoms with E-state index in [4.69, 9.17) is 0 Å². The molecule has 1 aromatic heterocycles. The van der Waals surface area contributed by atoms with Crippen LogP contribution in [0.2, 0.25) is 0 Å². The van der Waals surface area contributed by atoms with Crippen molar-refractivity contribution in [3.8, 4) is 0 Å². The van der Waals surface area contributed by atoms with E-state index in [1.165, 1.54) is 11.1 Å². The summed E-state index contributed by atoms with van der Waals surface area (Å²) >= 11 is 0. The summed E-state index contributed by atoms with van der Waals surface area (Å²) in [6.07, 6.45) is 3.97. The van der Waals surface area contributed by atoms with Crippen LogP contribution in [0.4, 0.5) is 0 Å². The van der Waals surface area contributed by atoms with Gasteiger partial charge in [-0.2, -0.15) is 0 Å². The van der Waals surface area contributed by atoms with Crippen LogP contribution in [-0.4, -0.2) is 34.8 Å². The lowest BCUT2D eigenvalue weighted by atomic mass is 9.91. The number of pyridine rings is 1. The molecular weight excluding hydrogens is 410 g/mol. The second-order valence-corrected chi connectivity index (χ2v) is 8.88. The Morgan fingerprint density at radius 2 is 1.82 bits per heavy atom. The van der Waals surface area contributed by atoms with Crippen LogP contribution >= 0.6 is 0 Å². The number of amides is 2. The van der Waals surface area contributed by atoms with Gasteiger partial charge < -0.3 is 10.2 Å². The van der Waals surface area contributed by atoms with Crippen LogP contribution in [0.15, 0.2) is 66.9 Å². The third-order valence-electron chi connectivity index (χ3n) is 6.47. The first kappa shape index (κ1) is 22.7. The Kier molecular flexibility index (Phi) is 7.18. The fourth-order valence-corrected chi connectivity index (χ4v) is 4.44. The first-order valence-corrected chi connectivity index (χ1v) is 11.6. The van der Waals surface area contributed by atoms with Gasteiger partial charge in [0.05, 0.1) is 17.7 Å². The second-order valence-electron chi connectivity index (χ2n) is 8.88. The Balaban J connectivity index is 1.44. The predicted molar refractivity (Wildman–Crippen MR) is 130 cm³/mol. The number of likely N-dealkylation sites (tertiary alicyclic amines) is 1. The molecule has 0 saturated carbocycles. The van der Waals surface area contributed by atoms with E-state index >= 15 is 0 Å². The Morgan fingerprint density at radius 3 is 2.61 bits per heavy atom. The monoisotopic (exact) mass is 441 g/mol. The maximum atomic E-state index is 13.0. The van der Waals surface area contributed by atoms with Crippen molar-refractivity contribution in [3.05, 3.63) is 100 Å². The first-order valence-electron chi connectivity index (χ1n) is 11.6. The summed E-state index contributed by atoms with van der Waals surface area (Å²) in [5.41, 5.74) is 5.92. The molecule has 0 radical (unpaired) electrons. The quantitative estimate of drug-likeness (QED) is 0.609. The van der Waals surface area contributed by atoms with E-state index in [1.807, 2.05) is 47.4 Å². The van der Waals surface area contributed by atoms with Crippen molar-refractivity contribution >= 4 is 11.8 Å². The Hall–Kier alpha value is -3.47. The van der Waals surface area contributed by atoms with Crippen LogP contribution in [0.25, 0.3) is 0 Å². The average molecular weight is 442 g/mol. The van der Waals surface area contributed by atoms with Crippen LogP contribution in [-0.2, 0) is 17.8 Å². The molecule has 4 rings (SSSR count). The number of rotatable bonds is 6. The molecular formula is C28H31N3O2. The normalized spacial score (nSPS) is 15.8. The Labute approximate surface area is 195 Å². The second kappa shape index (κ2) is 10.4. The number of aromatic nitrogens is 1. The van der Waals surface area contributed by atoms with Crippen molar-refractivity contribution in [2.45, 2.75) is 45.6 Å². The molecule has 5 nitrogen and oxygen atoms in total. The number of piperidine rings is 1. The maximum absolute atomic E-state index is 13.0. The summed E-state index contributed by atoms with van der Waals surface area (Å²) < 4.78 is 0. The minimum Gasteiger partial charge on any atom is -0.348 e. The van der Waals surface area contributed by atoms with Crippen molar-refractivity contribution in [3.63, 3.8) is 0 Å². The van der Waals surface area contributed by atoms with E-state index in [-0.39, 0.29) is 17.7 Å². The molecule has 1 atom stereocenters. The highest BCUT2D eigenvalue weighted by Crippen LogP contribution is 2.28. The summed E-state index contributed by atoms with van der Waals surface area (Å²) in [5.74, 6) is 0.0654. The fourth-order valence-electron chi connectivity index (χ4n) is 4.44. The molecule has 0 bridgehead atoms. The number of nitrogens with one attached hydrogen (secondary N) is 1. The molecule has 0 spiro atoms. The molecule has 1 saturated heterocycles. The summed E-state index contributed by atoms with van der Waals surface area (Å²) in [5, 5.41) is 3.01. The molecule has 5 heteroatoms. The van der Waals surface area contributed by atoms with Crippen molar-refractivity contribution < 1.29 is 9.59 Å².